The molecule has 6 unspecified atom stereocenters. The maximum atomic E-state index is 15.1. The van der Waals surface area contributed by atoms with Crippen molar-refractivity contribution in [2.75, 3.05) is 10.3 Å². The van der Waals surface area contributed by atoms with Crippen LogP contribution in [-0.2, 0) is 24.6 Å². The Kier molecular flexibility index (Phi) is 7.50. The van der Waals surface area contributed by atoms with E-state index in [0.29, 0.717) is 16.8 Å². The molecule has 11 heteroatoms. The van der Waals surface area contributed by atoms with Crippen LogP contribution in [0.15, 0.2) is 115 Å². The van der Waals surface area contributed by atoms with Crippen LogP contribution in [0.2, 0.25) is 0 Å². The van der Waals surface area contributed by atoms with Crippen LogP contribution in [0.25, 0.3) is 0 Å². The Morgan fingerprint density at radius 2 is 1.52 bits per heavy atom. The van der Waals surface area contributed by atoms with E-state index >= 15 is 4.79 Å². The molecule has 50 heavy (non-hydrogen) atoms. The summed E-state index contributed by atoms with van der Waals surface area (Å²) < 4.78 is 0. The van der Waals surface area contributed by atoms with Crippen molar-refractivity contribution in [3.05, 3.63) is 131 Å². The van der Waals surface area contributed by atoms with Gasteiger partial charge in [-0.15, -0.1) is 0 Å². The first-order chi connectivity index (χ1) is 24.1. The zero-order valence-corrected chi connectivity index (χ0v) is 27.1. The number of para-hydroxylation sites is 1. The van der Waals surface area contributed by atoms with Crippen molar-refractivity contribution in [1.29, 1.82) is 0 Å². The number of rotatable bonds is 6. The van der Waals surface area contributed by atoms with Gasteiger partial charge in [0.15, 0.2) is 0 Å². The first-order valence-corrected chi connectivity index (χ1v) is 16.7. The molecule has 8 rings (SSSR count). The molecule has 6 atom stereocenters. The lowest BCUT2D eigenvalue weighted by molar-refractivity contribution is -0.138. The number of aromatic hydroxyl groups is 1. The molecule has 250 valence electrons. The number of hydrogen-bond acceptors (Lipinski definition) is 8. The van der Waals surface area contributed by atoms with Gasteiger partial charge in [0.05, 0.1) is 34.5 Å². The number of carbonyl (C=O) groups is 4. The topological polar surface area (TPSA) is 147 Å². The van der Waals surface area contributed by atoms with E-state index in [1.165, 1.54) is 12.1 Å². The molecule has 0 spiro atoms. The number of fused-ring (bicyclic) bond motifs is 4. The van der Waals surface area contributed by atoms with Gasteiger partial charge in [0.1, 0.15) is 5.75 Å². The molecule has 4 aromatic rings. The second kappa shape index (κ2) is 11.8. The molecular formula is C39H34BN3O7. The van der Waals surface area contributed by atoms with Crippen molar-refractivity contribution in [3.8, 4) is 5.75 Å². The number of carbonyl (C=O) groups excluding carboxylic acids is 4. The highest BCUT2D eigenvalue weighted by molar-refractivity contribution is 6.58. The molecule has 4 aromatic carbocycles. The number of hydrazine groups is 1. The van der Waals surface area contributed by atoms with E-state index in [2.05, 4.69) is 5.43 Å². The maximum Gasteiger partial charge on any atom is 0.488 e. The number of nitrogens with zero attached hydrogens (tertiary/aromatic N) is 2. The lowest BCUT2D eigenvalue weighted by Gasteiger charge is -2.50. The quantitative estimate of drug-likeness (QED) is 0.139. The van der Waals surface area contributed by atoms with Gasteiger partial charge in [0.2, 0.25) is 11.8 Å². The second-order valence-corrected chi connectivity index (χ2v) is 13.6. The van der Waals surface area contributed by atoms with E-state index in [0.717, 1.165) is 21.0 Å². The number of amides is 4. The van der Waals surface area contributed by atoms with E-state index in [1.807, 2.05) is 55.5 Å². The first-order valence-electron chi connectivity index (χ1n) is 16.7. The molecule has 10 nitrogen and oxygen atoms in total. The Morgan fingerprint density at radius 1 is 0.800 bits per heavy atom. The minimum absolute atomic E-state index is 0.0461. The van der Waals surface area contributed by atoms with Crippen LogP contribution in [0.3, 0.4) is 0 Å². The average molecular weight is 668 g/mol. The molecule has 2 heterocycles. The summed E-state index contributed by atoms with van der Waals surface area (Å²) >= 11 is 0. The summed E-state index contributed by atoms with van der Waals surface area (Å²) in [5.74, 6) is -5.79. The fourth-order valence-electron chi connectivity index (χ4n) is 8.90. The van der Waals surface area contributed by atoms with Crippen molar-refractivity contribution in [2.24, 2.45) is 23.7 Å². The van der Waals surface area contributed by atoms with Crippen molar-refractivity contribution in [3.63, 3.8) is 0 Å². The molecule has 4 amide bonds. The Labute approximate surface area is 288 Å². The minimum Gasteiger partial charge on any atom is -0.508 e. The zero-order valence-electron chi connectivity index (χ0n) is 27.1. The Hall–Kier alpha value is -5.52. The number of anilines is 2. The van der Waals surface area contributed by atoms with Gasteiger partial charge < -0.3 is 15.2 Å². The molecule has 0 radical (unpaired) electrons. The third kappa shape index (κ3) is 4.57. The molecule has 1 saturated carbocycles. The predicted molar refractivity (Wildman–Crippen MR) is 186 cm³/mol. The van der Waals surface area contributed by atoms with Crippen LogP contribution in [0.4, 0.5) is 11.4 Å². The van der Waals surface area contributed by atoms with E-state index in [1.54, 1.807) is 48.5 Å². The normalized spacial score (nSPS) is 27.1. The molecular weight excluding hydrogens is 633 g/mol. The van der Waals surface area contributed by atoms with Gasteiger partial charge in [-0.3, -0.25) is 29.5 Å². The third-order valence-electron chi connectivity index (χ3n) is 11.1. The molecule has 2 aliphatic heterocycles. The summed E-state index contributed by atoms with van der Waals surface area (Å²) in [4.78, 5) is 59.4. The van der Waals surface area contributed by atoms with E-state index in [4.69, 9.17) is 0 Å². The molecule has 2 saturated heterocycles. The maximum absolute atomic E-state index is 15.1. The van der Waals surface area contributed by atoms with Crippen LogP contribution in [-0.4, -0.2) is 50.9 Å². The van der Waals surface area contributed by atoms with Crippen molar-refractivity contribution in [1.82, 2.24) is 5.01 Å². The van der Waals surface area contributed by atoms with Gasteiger partial charge in [-0.1, -0.05) is 90.0 Å². The summed E-state index contributed by atoms with van der Waals surface area (Å²) in [6, 6.07) is 29.3. The zero-order chi connectivity index (χ0) is 34.9. The lowest BCUT2D eigenvalue weighted by Crippen LogP contribution is -2.53. The second-order valence-electron chi connectivity index (χ2n) is 13.6. The van der Waals surface area contributed by atoms with Crippen LogP contribution < -0.4 is 15.8 Å². The Bertz CT molecular complexity index is 2080. The molecule has 3 fully saturated rings. The number of phenols is 1. The van der Waals surface area contributed by atoms with Gasteiger partial charge >= 0.3 is 7.12 Å². The van der Waals surface area contributed by atoms with Crippen molar-refractivity contribution in [2.45, 2.75) is 31.1 Å². The molecule has 0 bridgehead atoms. The highest BCUT2D eigenvalue weighted by Gasteiger charge is 2.70. The third-order valence-corrected chi connectivity index (χ3v) is 11.1. The lowest BCUT2D eigenvalue weighted by atomic mass is 9.49. The highest BCUT2D eigenvalue weighted by Crippen LogP contribution is 2.64. The van der Waals surface area contributed by atoms with Crippen LogP contribution in [0.1, 0.15) is 35.4 Å². The number of benzene rings is 4. The number of aryl methyl sites for hydroxylation is 1. The summed E-state index contributed by atoms with van der Waals surface area (Å²) in [6.45, 7) is 1.94. The fraction of sp³-hybridized carbons (Fsp3) is 0.231. The smallest absolute Gasteiger partial charge is 0.488 e. The van der Waals surface area contributed by atoms with Gasteiger partial charge in [0.25, 0.3) is 11.8 Å². The number of allylic oxidation sites excluding steroid dienone is 2. The average Bonchev–Trinajstić information content (AvgIpc) is 3.50. The van der Waals surface area contributed by atoms with E-state index in [-0.39, 0.29) is 29.7 Å². The van der Waals surface area contributed by atoms with Crippen LogP contribution in [0, 0.1) is 30.6 Å². The summed E-state index contributed by atoms with van der Waals surface area (Å²) in [5.41, 5.74) is 5.32. The van der Waals surface area contributed by atoms with Gasteiger partial charge in [0, 0.05) is 11.5 Å². The SMILES string of the molecule is Cc1ccc(NN2C(=O)C3CC4C(=CCC5C(=O)N(c6cccc(B(O)O)c6)C(=O)C54)C(c4ccccc4O)C3(c3ccccc3)C2=O)cc1. The van der Waals surface area contributed by atoms with Gasteiger partial charge in [-0.05, 0) is 67.0 Å². The van der Waals surface area contributed by atoms with Crippen molar-refractivity contribution >= 4 is 47.6 Å². The number of hydrogen-bond donors (Lipinski definition) is 4. The van der Waals surface area contributed by atoms with E-state index < -0.39 is 65.8 Å². The minimum atomic E-state index is -1.79. The molecule has 0 aromatic heterocycles. The van der Waals surface area contributed by atoms with Crippen LogP contribution in [0.5, 0.6) is 5.75 Å². The Morgan fingerprint density at radius 3 is 2.24 bits per heavy atom. The summed E-state index contributed by atoms with van der Waals surface area (Å²) in [5, 5.41) is 32.1. The molecule has 4 aliphatic rings. The Balaban J connectivity index is 1.30. The summed E-state index contributed by atoms with van der Waals surface area (Å²) in [7, 11) is -1.79. The monoisotopic (exact) mass is 667 g/mol. The summed E-state index contributed by atoms with van der Waals surface area (Å²) in [6.07, 6.45) is 2.26. The van der Waals surface area contributed by atoms with Crippen molar-refractivity contribution < 1.29 is 34.3 Å². The largest absolute Gasteiger partial charge is 0.508 e. The number of phenolic OH excluding ortho intramolecular Hbond substituents is 1. The van der Waals surface area contributed by atoms with Gasteiger partial charge in [-0.25, -0.2) is 0 Å². The molecule has 4 N–H and O–H groups in total. The fourth-order valence-corrected chi connectivity index (χ4v) is 8.90. The van der Waals surface area contributed by atoms with Crippen LogP contribution >= 0.6 is 0 Å². The standard InChI is InChI=1S/C39H34BN3O7/c1-22-14-16-25(17-15-22)41-43-36(46)31-21-30-27(18-19-29-33(30)37(47)42(35(29)45)26-11-7-10-24(20-26)40(49)50)34(28-12-5-6-13-32(28)44)39(31,38(43)48)23-8-3-2-4-9-23/h2-18,20,29-31,33-34,41,44,49-50H,19,21H2,1H3. The predicted octanol–water partition coefficient (Wildman–Crippen LogP) is 3.57. The number of nitrogens with one attached hydrogen (secondary N) is 1. The molecule has 2 aliphatic carbocycles. The first kappa shape index (κ1) is 31.7. The van der Waals surface area contributed by atoms with E-state index in [9.17, 15) is 29.5 Å². The highest BCUT2D eigenvalue weighted by atomic mass is 16.4. The van der Waals surface area contributed by atoms with Gasteiger partial charge in [-0.2, -0.15) is 5.01 Å². The number of imide groups is 2.